The molecule has 1 heterocycles. The van der Waals surface area contributed by atoms with E-state index in [1.54, 1.807) is 13.0 Å². The van der Waals surface area contributed by atoms with Gasteiger partial charge in [-0.25, -0.2) is 0 Å². The molecule has 1 atom stereocenters. The largest absolute Gasteiger partial charge is 0.379 e. The highest BCUT2D eigenvalue weighted by molar-refractivity contribution is 9.10. The van der Waals surface area contributed by atoms with E-state index in [0.29, 0.717) is 16.6 Å². The molecule has 92 valence electrons. The van der Waals surface area contributed by atoms with Crippen molar-refractivity contribution in [3.63, 3.8) is 0 Å². The maximum absolute atomic E-state index is 10.8. The van der Waals surface area contributed by atoms with Crippen LogP contribution in [-0.2, 0) is 4.74 Å². The molecule has 1 aromatic rings. The van der Waals surface area contributed by atoms with E-state index in [2.05, 4.69) is 21.2 Å². The van der Waals surface area contributed by atoms with Crippen molar-refractivity contribution in [1.29, 1.82) is 0 Å². The Bertz CT molecular complexity index is 445. The molecule has 0 bridgehead atoms. The average Bonchev–Trinajstić information content (AvgIpc) is 2.75. The van der Waals surface area contributed by atoms with Gasteiger partial charge in [0.05, 0.1) is 17.6 Å². The first kappa shape index (κ1) is 12.3. The fourth-order valence-corrected chi connectivity index (χ4v) is 2.29. The summed E-state index contributed by atoms with van der Waals surface area (Å²) >= 11 is 3.35. The Kier molecular flexibility index (Phi) is 3.63. The Morgan fingerprint density at radius 2 is 2.35 bits per heavy atom. The lowest BCUT2D eigenvalue weighted by Gasteiger charge is -2.14. The minimum Gasteiger partial charge on any atom is -0.379 e. The number of nitrogens with one attached hydrogen (secondary N) is 1. The third kappa shape index (κ3) is 2.76. The summed E-state index contributed by atoms with van der Waals surface area (Å²) in [6, 6.07) is 3.61. The minimum atomic E-state index is -0.372. The Morgan fingerprint density at radius 1 is 1.59 bits per heavy atom. The van der Waals surface area contributed by atoms with Crippen LogP contribution in [0, 0.1) is 17.0 Å². The molecule has 1 aromatic carbocycles. The molecule has 17 heavy (non-hydrogen) atoms. The molecule has 5 nitrogen and oxygen atoms in total. The van der Waals surface area contributed by atoms with E-state index in [-0.39, 0.29) is 16.7 Å². The van der Waals surface area contributed by atoms with Crippen molar-refractivity contribution in [1.82, 2.24) is 0 Å². The Hall–Kier alpha value is -1.14. The lowest BCUT2D eigenvalue weighted by atomic mass is 10.1. The maximum Gasteiger partial charge on any atom is 0.273 e. The summed E-state index contributed by atoms with van der Waals surface area (Å²) in [4.78, 5) is 10.4. The van der Waals surface area contributed by atoms with Crippen molar-refractivity contribution in [2.45, 2.75) is 19.4 Å². The van der Waals surface area contributed by atoms with E-state index >= 15 is 0 Å². The van der Waals surface area contributed by atoms with Crippen molar-refractivity contribution < 1.29 is 9.66 Å². The van der Waals surface area contributed by atoms with Crippen molar-refractivity contribution in [3.05, 3.63) is 32.3 Å². The summed E-state index contributed by atoms with van der Waals surface area (Å²) in [5, 5.41) is 14.1. The third-order valence-corrected chi connectivity index (χ3v) is 3.43. The molecule has 1 N–H and O–H groups in total. The zero-order chi connectivity index (χ0) is 12.4. The summed E-state index contributed by atoms with van der Waals surface area (Å²) in [6.45, 7) is 3.19. The second-order valence-electron chi connectivity index (χ2n) is 4.08. The fourth-order valence-electron chi connectivity index (χ4n) is 1.85. The molecular formula is C11H13BrN2O3. The monoisotopic (exact) mass is 300 g/mol. The molecular weight excluding hydrogens is 288 g/mol. The van der Waals surface area contributed by atoms with Crippen LogP contribution in [0.3, 0.4) is 0 Å². The van der Waals surface area contributed by atoms with Gasteiger partial charge in [0.2, 0.25) is 0 Å². The molecule has 0 amide bonds. The predicted molar refractivity (Wildman–Crippen MR) is 68.4 cm³/mol. The van der Waals surface area contributed by atoms with Crippen LogP contribution in [0.4, 0.5) is 11.4 Å². The first-order valence-corrected chi connectivity index (χ1v) is 6.16. The molecule has 0 radical (unpaired) electrons. The third-order valence-electron chi connectivity index (χ3n) is 2.77. The van der Waals surface area contributed by atoms with Crippen molar-refractivity contribution >= 4 is 27.3 Å². The first-order valence-electron chi connectivity index (χ1n) is 5.36. The predicted octanol–water partition coefficient (Wildman–Crippen LogP) is 2.87. The number of nitro benzene ring substituents is 1. The van der Waals surface area contributed by atoms with Crippen molar-refractivity contribution in [3.8, 4) is 0 Å². The normalized spacial score (nSPS) is 19.3. The van der Waals surface area contributed by atoms with Crippen molar-refractivity contribution in [2.75, 3.05) is 18.5 Å². The smallest absolute Gasteiger partial charge is 0.273 e. The second-order valence-corrected chi connectivity index (χ2v) is 4.93. The second kappa shape index (κ2) is 5.01. The Balaban J connectivity index is 2.23. The molecule has 6 heteroatoms. The van der Waals surface area contributed by atoms with E-state index < -0.39 is 0 Å². The number of halogens is 1. The Labute approximate surface area is 107 Å². The van der Waals surface area contributed by atoms with Crippen LogP contribution in [0.15, 0.2) is 16.6 Å². The molecule has 0 spiro atoms. The number of hydrogen-bond acceptors (Lipinski definition) is 4. The minimum absolute atomic E-state index is 0.130. The number of nitro groups is 1. The van der Waals surface area contributed by atoms with Gasteiger partial charge in [0.1, 0.15) is 0 Å². The van der Waals surface area contributed by atoms with E-state index in [9.17, 15) is 10.1 Å². The molecule has 1 aliphatic rings. The number of anilines is 1. The molecule has 1 aliphatic heterocycles. The van der Waals surface area contributed by atoms with E-state index in [1.165, 1.54) is 6.07 Å². The number of benzene rings is 1. The average molecular weight is 301 g/mol. The molecule has 1 fully saturated rings. The van der Waals surface area contributed by atoms with Crippen LogP contribution in [0.2, 0.25) is 0 Å². The number of aryl methyl sites for hydroxylation is 1. The highest BCUT2D eigenvalue weighted by Crippen LogP contribution is 2.31. The number of rotatable bonds is 3. The van der Waals surface area contributed by atoms with E-state index in [1.807, 2.05) is 0 Å². The standard InChI is InChI=1S/C11H13BrN2O3/c1-7-4-10(13-8-2-3-17-6-8)9(12)5-11(7)14(15)16/h4-5,8,13H,2-3,6H2,1H3. The maximum atomic E-state index is 10.8. The number of ether oxygens (including phenoxy) is 1. The van der Waals surface area contributed by atoms with Gasteiger partial charge in [-0.2, -0.15) is 0 Å². The summed E-state index contributed by atoms with van der Waals surface area (Å²) in [6.07, 6.45) is 0.961. The van der Waals surface area contributed by atoms with Crippen LogP contribution in [0.1, 0.15) is 12.0 Å². The van der Waals surface area contributed by atoms with Crippen LogP contribution in [-0.4, -0.2) is 24.2 Å². The topological polar surface area (TPSA) is 64.4 Å². The highest BCUT2D eigenvalue weighted by atomic mass is 79.9. The van der Waals surface area contributed by atoms with Gasteiger partial charge in [0.15, 0.2) is 0 Å². The van der Waals surface area contributed by atoms with Gasteiger partial charge in [-0.3, -0.25) is 10.1 Å². The zero-order valence-electron chi connectivity index (χ0n) is 9.40. The zero-order valence-corrected chi connectivity index (χ0v) is 11.0. The first-order chi connectivity index (χ1) is 8.08. The molecule has 0 saturated carbocycles. The highest BCUT2D eigenvalue weighted by Gasteiger charge is 2.19. The van der Waals surface area contributed by atoms with Crippen molar-refractivity contribution in [2.24, 2.45) is 0 Å². The SMILES string of the molecule is Cc1cc(NC2CCOC2)c(Br)cc1[N+](=O)[O-]. The van der Waals surface area contributed by atoms with Crippen LogP contribution in [0.25, 0.3) is 0 Å². The van der Waals surface area contributed by atoms with Gasteiger partial charge >= 0.3 is 0 Å². The number of hydrogen-bond donors (Lipinski definition) is 1. The van der Waals surface area contributed by atoms with Gasteiger partial charge in [-0.05, 0) is 35.3 Å². The van der Waals surface area contributed by atoms with Crippen LogP contribution < -0.4 is 5.32 Å². The van der Waals surface area contributed by atoms with E-state index in [0.717, 1.165) is 18.7 Å². The van der Waals surface area contributed by atoms with Crippen LogP contribution >= 0.6 is 15.9 Å². The molecule has 0 aromatic heterocycles. The molecule has 0 aliphatic carbocycles. The van der Waals surface area contributed by atoms with Crippen LogP contribution in [0.5, 0.6) is 0 Å². The summed E-state index contributed by atoms with van der Waals surface area (Å²) in [5.41, 5.74) is 1.66. The summed E-state index contributed by atoms with van der Waals surface area (Å²) in [5.74, 6) is 0. The summed E-state index contributed by atoms with van der Waals surface area (Å²) in [7, 11) is 0. The van der Waals surface area contributed by atoms with Gasteiger partial charge in [-0.1, -0.05) is 0 Å². The van der Waals surface area contributed by atoms with Gasteiger partial charge in [0.25, 0.3) is 5.69 Å². The number of nitrogens with zero attached hydrogens (tertiary/aromatic N) is 1. The lowest BCUT2D eigenvalue weighted by Crippen LogP contribution is -2.19. The van der Waals surface area contributed by atoms with Gasteiger partial charge < -0.3 is 10.1 Å². The van der Waals surface area contributed by atoms with Gasteiger partial charge in [0, 0.05) is 28.4 Å². The quantitative estimate of drug-likeness (QED) is 0.688. The lowest BCUT2D eigenvalue weighted by molar-refractivity contribution is -0.385. The fraction of sp³-hybridized carbons (Fsp3) is 0.455. The molecule has 1 saturated heterocycles. The van der Waals surface area contributed by atoms with Gasteiger partial charge in [-0.15, -0.1) is 0 Å². The van der Waals surface area contributed by atoms with E-state index in [4.69, 9.17) is 4.74 Å². The summed E-state index contributed by atoms with van der Waals surface area (Å²) < 4.78 is 5.99. The molecule has 2 rings (SSSR count). The molecule has 1 unspecified atom stereocenters. The Morgan fingerprint density at radius 3 is 2.94 bits per heavy atom.